The van der Waals surface area contributed by atoms with Crippen molar-refractivity contribution in [3.63, 3.8) is 0 Å². The Labute approximate surface area is 203 Å². The fraction of sp³-hybridized carbons (Fsp3) is 0.741. The van der Waals surface area contributed by atoms with Crippen LogP contribution in [0.25, 0.3) is 0 Å². The molecule has 186 valence electrons. The lowest BCUT2D eigenvalue weighted by molar-refractivity contribution is -0.197. The van der Waals surface area contributed by atoms with Crippen LogP contribution in [-0.2, 0) is 16.6 Å². The van der Waals surface area contributed by atoms with Gasteiger partial charge in [0, 0.05) is 30.7 Å². The van der Waals surface area contributed by atoms with Crippen LogP contribution in [0.2, 0.25) is 0 Å². The second-order valence-electron chi connectivity index (χ2n) is 11.0. The van der Waals surface area contributed by atoms with Gasteiger partial charge in [-0.25, -0.2) is 0 Å². The summed E-state index contributed by atoms with van der Waals surface area (Å²) in [5.74, 6) is 1.85. The average molecular weight is 470 g/mol. The molecule has 1 saturated carbocycles. The standard InChI is InChI=1S/C27H39N3O4/c1-5-29(6-2)25(31)19-8-7-14-30(19)18-11-12-27(32)21-16-17-9-10-20(33-4)23-22(17)26(27,24(18)34-23)13-15-28(21)3/h9-10,18-19,21,24,32H,5-8,11-16H2,1-4H3/t18-,19-,21-,24+,26+,27-/m1/s1. The third kappa shape index (κ3) is 2.66. The molecule has 1 spiro atoms. The van der Waals surface area contributed by atoms with E-state index in [2.05, 4.69) is 36.8 Å². The van der Waals surface area contributed by atoms with E-state index in [1.165, 1.54) is 11.1 Å². The van der Waals surface area contributed by atoms with E-state index in [-0.39, 0.29) is 30.1 Å². The predicted molar refractivity (Wildman–Crippen MR) is 129 cm³/mol. The summed E-state index contributed by atoms with van der Waals surface area (Å²) in [5, 5.41) is 12.5. The number of piperidine rings is 1. The molecule has 0 unspecified atom stereocenters. The Hall–Kier alpha value is -1.83. The number of ether oxygens (including phenoxy) is 2. The van der Waals surface area contributed by atoms with Gasteiger partial charge in [0.05, 0.1) is 24.2 Å². The fourth-order valence-corrected chi connectivity index (χ4v) is 8.41. The van der Waals surface area contributed by atoms with Crippen molar-refractivity contribution in [2.45, 2.75) is 87.6 Å². The van der Waals surface area contributed by atoms with Gasteiger partial charge in [-0.05, 0) is 84.1 Å². The first-order valence-corrected chi connectivity index (χ1v) is 13.2. The van der Waals surface area contributed by atoms with Crippen molar-refractivity contribution in [3.8, 4) is 11.5 Å². The molecule has 1 aromatic carbocycles. The minimum atomic E-state index is -0.829. The summed E-state index contributed by atoms with van der Waals surface area (Å²) < 4.78 is 12.7. The topological polar surface area (TPSA) is 65.5 Å². The molecule has 6 atom stereocenters. The van der Waals surface area contributed by atoms with Crippen molar-refractivity contribution in [1.29, 1.82) is 0 Å². The van der Waals surface area contributed by atoms with Gasteiger partial charge in [0.15, 0.2) is 11.5 Å². The van der Waals surface area contributed by atoms with Crippen LogP contribution in [-0.4, -0.2) is 95.9 Å². The number of hydrogen-bond acceptors (Lipinski definition) is 6. The van der Waals surface area contributed by atoms with Gasteiger partial charge < -0.3 is 24.4 Å². The van der Waals surface area contributed by atoms with E-state index in [0.717, 1.165) is 76.2 Å². The summed E-state index contributed by atoms with van der Waals surface area (Å²) in [6.07, 6.45) is 5.07. The molecule has 2 aliphatic carbocycles. The lowest BCUT2D eigenvalue weighted by Gasteiger charge is -2.64. The highest BCUT2D eigenvalue weighted by atomic mass is 16.5. The number of amides is 1. The number of rotatable bonds is 5. The third-order valence-corrected chi connectivity index (χ3v) is 9.98. The fourth-order valence-electron chi connectivity index (χ4n) is 8.41. The molecule has 6 rings (SSSR count). The van der Waals surface area contributed by atoms with Crippen LogP contribution < -0.4 is 9.47 Å². The van der Waals surface area contributed by atoms with Crippen molar-refractivity contribution in [2.24, 2.45) is 0 Å². The van der Waals surface area contributed by atoms with Crippen LogP contribution in [0.15, 0.2) is 12.1 Å². The Bertz CT molecular complexity index is 996. The third-order valence-electron chi connectivity index (χ3n) is 9.98. The Balaban J connectivity index is 1.45. The maximum absolute atomic E-state index is 13.5. The number of carbonyl (C=O) groups is 1. The van der Waals surface area contributed by atoms with Gasteiger partial charge in [-0.15, -0.1) is 0 Å². The zero-order valence-electron chi connectivity index (χ0n) is 21.0. The molecular formula is C27H39N3O4. The Kier molecular flexibility index (Phi) is 5.21. The molecule has 3 aliphatic heterocycles. The number of aliphatic hydroxyl groups is 1. The maximum Gasteiger partial charge on any atom is 0.239 e. The van der Waals surface area contributed by atoms with Gasteiger partial charge in [0.25, 0.3) is 0 Å². The number of benzene rings is 1. The molecule has 0 aromatic heterocycles. The molecule has 2 bridgehead atoms. The Morgan fingerprint density at radius 3 is 2.76 bits per heavy atom. The number of carbonyl (C=O) groups excluding carboxylic acids is 1. The van der Waals surface area contributed by atoms with Gasteiger partial charge in [-0.2, -0.15) is 0 Å². The number of likely N-dealkylation sites (N-methyl/N-ethyl adjacent to an activating group) is 2. The van der Waals surface area contributed by atoms with E-state index >= 15 is 0 Å². The van der Waals surface area contributed by atoms with E-state index in [4.69, 9.17) is 9.47 Å². The molecule has 2 saturated heterocycles. The molecule has 1 N–H and O–H groups in total. The lowest BCUT2D eigenvalue weighted by atomic mass is 9.48. The first-order valence-electron chi connectivity index (χ1n) is 13.2. The Morgan fingerprint density at radius 2 is 2.03 bits per heavy atom. The quantitative estimate of drug-likeness (QED) is 0.713. The van der Waals surface area contributed by atoms with Crippen molar-refractivity contribution in [3.05, 3.63) is 23.3 Å². The predicted octanol–water partition coefficient (Wildman–Crippen LogP) is 2.18. The van der Waals surface area contributed by atoms with Gasteiger partial charge in [-0.1, -0.05) is 6.07 Å². The molecular weight excluding hydrogens is 430 g/mol. The molecule has 3 heterocycles. The Morgan fingerprint density at radius 1 is 1.24 bits per heavy atom. The highest BCUT2D eigenvalue weighted by Crippen LogP contribution is 2.66. The van der Waals surface area contributed by atoms with E-state index in [9.17, 15) is 9.90 Å². The summed E-state index contributed by atoms with van der Waals surface area (Å²) in [6, 6.07) is 4.32. The van der Waals surface area contributed by atoms with E-state index in [0.29, 0.717) is 0 Å². The van der Waals surface area contributed by atoms with Crippen molar-refractivity contribution < 1.29 is 19.4 Å². The molecule has 5 aliphatic rings. The SMILES string of the molecule is CCN(CC)C(=O)[C@H]1CCCN1[C@@H]1CC[C@@]2(O)[C@H]3Cc4ccc(OC)c5c4[C@@]2(CCN3C)[C@H]1O5. The molecule has 7 heteroatoms. The van der Waals surface area contributed by atoms with Crippen molar-refractivity contribution in [1.82, 2.24) is 14.7 Å². The van der Waals surface area contributed by atoms with Crippen LogP contribution in [0.1, 0.15) is 57.1 Å². The van der Waals surface area contributed by atoms with Crippen LogP contribution in [0.5, 0.6) is 11.5 Å². The summed E-state index contributed by atoms with van der Waals surface area (Å²) in [4.78, 5) is 20.3. The minimum absolute atomic E-state index is 0.0897. The molecule has 1 aromatic rings. The zero-order chi connectivity index (χ0) is 23.8. The normalized spacial score (nSPS) is 38.4. The van der Waals surface area contributed by atoms with Gasteiger partial charge in [0.1, 0.15) is 6.10 Å². The van der Waals surface area contributed by atoms with E-state index in [1.54, 1.807) is 7.11 Å². The first kappa shape index (κ1) is 22.6. The van der Waals surface area contributed by atoms with Crippen molar-refractivity contribution in [2.75, 3.05) is 40.3 Å². The maximum atomic E-state index is 13.5. The number of hydrogen-bond donors (Lipinski definition) is 1. The number of nitrogens with zero attached hydrogens (tertiary/aromatic N) is 3. The van der Waals surface area contributed by atoms with E-state index < -0.39 is 11.0 Å². The van der Waals surface area contributed by atoms with Crippen LogP contribution >= 0.6 is 0 Å². The monoisotopic (exact) mass is 469 g/mol. The molecule has 3 fully saturated rings. The molecule has 0 radical (unpaired) electrons. The van der Waals surface area contributed by atoms with Gasteiger partial charge >= 0.3 is 0 Å². The first-order chi connectivity index (χ1) is 16.4. The highest BCUT2D eigenvalue weighted by Gasteiger charge is 2.73. The molecule has 1 amide bonds. The summed E-state index contributed by atoms with van der Waals surface area (Å²) >= 11 is 0. The zero-order valence-corrected chi connectivity index (χ0v) is 21.0. The smallest absolute Gasteiger partial charge is 0.239 e. The van der Waals surface area contributed by atoms with Crippen LogP contribution in [0.4, 0.5) is 0 Å². The number of likely N-dealkylation sites (tertiary alicyclic amines) is 2. The second kappa shape index (κ2) is 7.84. The van der Waals surface area contributed by atoms with Gasteiger partial charge in [-0.3, -0.25) is 9.69 Å². The highest BCUT2D eigenvalue weighted by molar-refractivity contribution is 5.82. The van der Waals surface area contributed by atoms with Gasteiger partial charge in [0.2, 0.25) is 5.91 Å². The number of methoxy groups -OCH3 is 1. The van der Waals surface area contributed by atoms with Crippen LogP contribution in [0, 0.1) is 0 Å². The molecule has 34 heavy (non-hydrogen) atoms. The average Bonchev–Trinajstić information content (AvgIpc) is 3.45. The summed E-state index contributed by atoms with van der Waals surface area (Å²) in [6.45, 7) is 7.47. The van der Waals surface area contributed by atoms with Crippen LogP contribution in [0.3, 0.4) is 0 Å². The summed E-state index contributed by atoms with van der Waals surface area (Å²) in [5.41, 5.74) is 1.20. The molecule has 7 nitrogen and oxygen atoms in total. The lowest BCUT2D eigenvalue weighted by Crippen LogP contribution is -2.78. The largest absolute Gasteiger partial charge is 0.493 e. The second-order valence-corrected chi connectivity index (χ2v) is 11.0. The van der Waals surface area contributed by atoms with E-state index in [1.807, 2.05) is 11.0 Å². The summed E-state index contributed by atoms with van der Waals surface area (Å²) in [7, 11) is 3.85. The minimum Gasteiger partial charge on any atom is -0.493 e. The van der Waals surface area contributed by atoms with Crippen molar-refractivity contribution >= 4 is 5.91 Å².